The summed E-state index contributed by atoms with van der Waals surface area (Å²) >= 11 is 0. The average Bonchev–Trinajstić information content (AvgIpc) is 2.59. The van der Waals surface area contributed by atoms with Crippen LogP contribution in [0.3, 0.4) is 0 Å². The zero-order valence-electron chi connectivity index (χ0n) is 15.2. The molecule has 2 rings (SSSR count). The Kier molecular flexibility index (Phi) is 8.57. The molecule has 5 N–H and O–H groups in total. The first kappa shape index (κ1) is 20.9. The van der Waals surface area contributed by atoms with Gasteiger partial charge in [0, 0.05) is 5.69 Å². The summed E-state index contributed by atoms with van der Waals surface area (Å²) in [6.45, 7) is 8.38. The molecule has 26 heavy (non-hydrogen) atoms. The van der Waals surface area contributed by atoms with Crippen molar-refractivity contribution in [3.05, 3.63) is 54.6 Å². The summed E-state index contributed by atoms with van der Waals surface area (Å²) in [6.07, 6.45) is -0.138. The van der Waals surface area contributed by atoms with Crippen molar-refractivity contribution in [2.45, 2.75) is 20.3 Å². The van der Waals surface area contributed by atoms with Crippen molar-refractivity contribution in [1.29, 1.82) is 0 Å². The van der Waals surface area contributed by atoms with Crippen LogP contribution in [-0.2, 0) is 4.79 Å². The van der Waals surface area contributed by atoms with E-state index in [2.05, 4.69) is 6.58 Å². The van der Waals surface area contributed by atoms with E-state index in [4.69, 9.17) is 26.0 Å². The summed E-state index contributed by atoms with van der Waals surface area (Å²) in [6, 6.07) is 12.9. The number of para-hydroxylation sites is 1. The third-order valence-corrected chi connectivity index (χ3v) is 3.28. The number of aliphatic carboxylic acids is 1. The van der Waals surface area contributed by atoms with Crippen molar-refractivity contribution in [2.24, 2.45) is 0 Å². The SMILES string of the molecule is C=C(CC(=O)O)c1cc(OCC)c(N)c(OCC)c1.Nc1ccccc1. The van der Waals surface area contributed by atoms with Gasteiger partial charge in [-0.2, -0.15) is 0 Å². The molecule has 6 nitrogen and oxygen atoms in total. The number of nitrogen functional groups attached to an aromatic ring is 2. The van der Waals surface area contributed by atoms with Gasteiger partial charge >= 0.3 is 5.97 Å². The molecule has 0 atom stereocenters. The van der Waals surface area contributed by atoms with Crippen LogP contribution >= 0.6 is 0 Å². The minimum atomic E-state index is -0.933. The van der Waals surface area contributed by atoms with E-state index in [1.807, 2.05) is 44.2 Å². The Hall–Kier alpha value is -3.15. The molecule has 2 aromatic carbocycles. The lowest BCUT2D eigenvalue weighted by molar-refractivity contribution is -0.135. The van der Waals surface area contributed by atoms with E-state index in [0.29, 0.717) is 41.5 Å². The van der Waals surface area contributed by atoms with Crippen LogP contribution in [0.15, 0.2) is 49.0 Å². The summed E-state index contributed by atoms with van der Waals surface area (Å²) in [5.74, 6) is 0.0303. The Morgan fingerprint density at radius 2 is 1.54 bits per heavy atom. The lowest BCUT2D eigenvalue weighted by atomic mass is 10.0. The lowest BCUT2D eigenvalue weighted by Gasteiger charge is -2.15. The molecule has 0 saturated carbocycles. The molecule has 140 valence electrons. The molecule has 0 aromatic heterocycles. The predicted octanol–water partition coefficient (Wildman–Crippen LogP) is 3.82. The number of carboxylic acid groups (broad SMARTS) is 1. The van der Waals surface area contributed by atoms with Gasteiger partial charge in [0.15, 0.2) is 0 Å². The van der Waals surface area contributed by atoms with Gasteiger partial charge in [-0.1, -0.05) is 24.8 Å². The van der Waals surface area contributed by atoms with Gasteiger partial charge in [-0.3, -0.25) is 4.79 Å². The molecule has 0 amide bonds. The highest BCUT2D eigenvalue weighted by Crippen LogP contribution is 2.36. The van der Waals surface area contributed by atoms with Gasteiger partial charge in [-0.05, 0) is 49.2 Å². The lowest BCUT2D eigenvalue weighted by Crippen LogP contribution is -2.03. The normalized spacial score (nSPS) is 9.62. The van der Waals surface area contributed by atoms with Gasteiger partial charge in [0.2, 0.25) is 0 Å². The molecule has 0 spiro atoms. The molecule has 0 aliphatic rings. The van der Waals surface area contributed by atoms with Crippen molar-refractivity contribution in [3.8, 4) is 11.5 Å². The molecule has 0 fully saturated rings. The fourth-order valence-corrected chi connectivity index (χ4v) is 2.09. The first-order chi connectivity index (χ1) is 12.4. The molecule has 6 heteroatoms. The molecular weight excluding hydrogens is 332 g/mol. The van der Waals surface area contributed by atoms with E-state index in [0.717, 1.165) is 5.69 Å². The minimum Gasteiger partial charge on any atom is -0.492 e. The number of ether oxygens (including phenoxy) is 2. The average molecular weight is 358 g/mol. The molecular formula is C20H26N2O4. The second-order valence-electron chi connectivity index (χ2n) is 5.34. The van der Waals surface area contributed by atoms with Crippen LogP contribution in [-0.4, -0.2) is 24.3 Å². The number of rotatable bonds is 7. The Morgan fingerprint density at radius 3 is 1.88 bits per heavy atom. The van der Waals surface area contributed by atoms with Crippen molar-refractivity contribution in [2.75, 3.05) is 24.7 Å². The van der Waals surface area contributed by atoms with Gasteiger partial charge in [-0.15, -0.1) is 0 Å². The van der Waals surface area contributed by atoms with Crippen LogP contribution in [0, 0.1) is 0 Å². The van der Waals surface area contributed by atoms with E-state index in [9.17, 15) is 4.79 Å². The van der Waals surface area contributed by atoms with Crippen LogP contribution in [0.4, 0.5) is 11.4 Å². The molecule has 0 radical (unpaired) electrons. The first-order valence-corrected chi connectivity index (χ1v) is 8.28. The van der Waals surface area contributed by atoms with Gasteiger partial charge in [0.25, 0.3) is 0 Å². The summed E-state index contributed by atoms with van der Waals surface area (Å²) in [5, 5.41) is 8.80. The van der Waals surface area contributed by atoms with E-state index in [1.54, 1.807) is 12.1 Å². The summed E-state index contributed by atoms with van der Waals surface area (Å²) in [7, 11) is 0. The largest absolute Gasteiger partial charge is 0.492 e. The third-order valence-electron chi connectivity index (χ3n) is 3.28. The van der Waals surface area contributed by atoms with Crippen molar-refractivity contribution in [1.82, 2.24) is 0 Å². The standard InChI is InChI=1S/C14H19NO4.C6H7N/c1-4-18-11-7-10(9(3)6-13(16)17)8-12(14(11)15)19-5-2;7-6-4-2-1-3-5-6/h7-8H,3-6,15H2,1-2H3,(H,16,17);1-5H,7H2. The monoisotopic (exact) mass is 358 g/mol. The van der Waals surface area contributed by atoms with Crippen molar-refractivity contribution < 1.29 is 19.4 Å². The zero-order chi connectivity index (χ0) is 19.5. The van der Waals surface area contributed by atoms with Gasteiger partial charge in [-0.25, -0.2) is 0 Å². The number of anilines is 2. The molecule has 0 aliphatic heterocycles. The predicted molar refractivity (Wildman–Crippen MR) is 105 cm³/mol. The highest BCUT2D eigenvalue weighted by Gasteiger charge is 2.13. The van der Waals surface area contributed by atoms with Crippen LogP contribution in [0.1, 0.15) is 25.8 Å². The maximum Gasteiger partial charge on any atom is 0.307 e. The Balaban J connectivity index is 0.000000401. The summed E-state index contributed by atoms with van der Waals surface area (Å²) in [5.41, 5.74) is 13.7. The van der Waals surface area contributed by atoms with Crippen LogP contribution < -0.4 is 20.9 Å². The maximum absolute atomic E-state index is 10.7. The molecule has 0 unspecified atom stereocenters. The number of carbonyl (C=O) groups is 1. The second-order valence-corrected chi connectivity index (χ2v) is 5.34. The van der Waals surface area contributed by atoms with Crippen LogP contribution in [0.25, 0.3) is 5.57 Å². The number of hydrogen-bond donors (Lipinski definition) is 3. The Bertz CT molecular complexity index is 703. The van der Waals surface area contributed by atoms with E-state index in [1.165, 1.54) is 0 Å². The molecule has 0 saturated heterocycles. The molecule has 2 aromatic rings. The maximum atomic E-state index is 10.7. The van der Waals surface area contributed by atoms with Gasteiger partial charge < -0.3 is 26.0 Å². The Labute approximate surface area is 154 Å². The molecule has 0 aliphatic carbocycles. The Morgan fingerprint density at radius 1 is 1.04 bits per heavy atom. The molecule has 0 bridgehead atoms. The van der Waals surface area contributed by atoms with Crippen LogP contribution in [0.5, 0.6) is 11.5 Å². The van der Waals surface area contributed by atoms with Crippen LogP contribution in [0.2, 0.25) is 0 Å². The number of carboxylic acids is 1. The third kappa shape index (κ3) is 6.76. The van der Waals surface area contributed by atoms with Gasteiger partial charge in [0.05, 0.1) is 19.6 Å². The number of benzene rings is 2. The van der Waals surface area contributed by atoms with Gasteiger partial charge in [0.1, 0.15) is 17.2 Å². The fourth-order valence-electron chi connectivity index (χ4n) is 2.09. The zero-order valence-corrected chi connectivity index (χ0v) is 15.2. The topological polar surface area (TPSA) is 108 Å². The quantitative estimate of drug-likeness (QED) is 0.649. The van der Waals surface area contributed by atoms with E-state index >= 15 is 0 Å². The summed E-state index contributed by atoms with van der Waals surface area (Å²) in [4.78, 5) is 10.7. The first-order valence-electron chi connectivity index (χ1n) is 8.28. The smallest absolute Gasteiger partial charge is 0.307 e. The highest BCUT2D eigenvalue weighted by molar-refractivity contribution is 5.84. The number of nitrogens with two attached hydrogens (primary N) is 2. The second kappa shape index (κ2) is 10.7. The summed E-state index contributed by atoms with van der Waals surface area (Å²) < 4.78 is 10.9. The molecule has 0 heterocycles. The van der Waals surface area contributed by atoms with E-state index < -0.39 is 5.97 Å². The van der Waals surface area contributed by atoms with E-state index in [-0.39, 0.29) is 6.42 Å². The van der Waals surface area contributed by atoms with Crippen molar-refractivity contribution >= 4 is 22.9 Å². The minimum absolute atomic E-state index is 0.138. The highest BCUT2D eigenvalue weighted by atomic mass is 16.5. The number of hydrogen-bond acceptors (Lipinski definition) is 5. The van der Waals surface area contributed by atoms with Crippen molar-refractivity contribution in [3.63, 3.8) is 0 Å². The fraction of sp³-hybridized carbons (Fsp3) is 0.250.